The van der Waals surface area contributed by atoms with Gasteiger partial charge in [0.1, 0.15) is 11.2 Å². The number of fused-ring (bicyclic) bond motifs is 2. The molecule has 154 valence electrons. The number of carbonyl (C=O) groups is 1. The quantitative estimate of drug-likeness (QED) is 0.559. The fraction of sp³-hybridized carbons (Fsp3) is 0.333. The van der Waals surface area contributed by atoms with Crippen molar-refractivity contribution < 1.29 is 13.9 Å². The van der Waals surface area contributed by atoms with Crippen molar-refractivity contribution in [1.29, 1.82) is 0 Å². The van der Waals surface area contributed by atoms with Crippen LogP contribution in [0.3, 0.4) is 0 Å². The molecule has 0 radical (unpaired) electrons. The lowest BCUT2D eigenvalue weighted by atomic mass is 10.0. The van der Waals surface area contributed by atoms with E-state index in [-0.39, 0.29) is 11.9 Å². The van der Waals surface area contributed by atoms with Gasteiger partial charge in [-0.3, -0.25) is 9.48 Å². The molecule has 4 aromatic rings. The maximum atomic E-state index is 13.6. The van der Waals surface area contributed by atoms with Crippen LogP contribution in [0.15, 0.2) is 41.2 Å². The molecule has 9 heteroatoms. The van der Waals surface area contributed by atoms with E-state index in [0.29, 0.717) is 41.4 Å². The van der Waals surface area contributed by atoms with E-state index in [1.807, 2.05) is 32.0 Å². The van der Waals surface area contributed by atoms with Gasteiger partial charge in [-0.05, 0) is 32.0 Å². The van der Waals surface area contributed by atoms with Gasteiger partial charge in [-0.2, -0.15) is 5.10 Å². The van der Waals surface area contributed by atoms with Crippen LogP contribution in [0.5, 0.6) is 5.75 Å². The lowest BCUT2D eigenvalue weighted by Crippen LogP contribution is -2.41. The number of aromatic amines is 1. The largest absolute Gasteiger partial charge is 0.493 e. The molecule has 1 N–H and O–H groups in total. The smallest absolute Gasteiger partial charge is 0.273 e. The first-order valence-corrected chi connectivity index (χ1v) is 9.88. The lowest BCUT2D eigenvalue weighted by Gasteiger charge is -2.33. The number of benzene rings is 1. The maximum absolute atomic E-state index is 13.6. The number of nitrogens with one attached hydrogen (secondary N) is 1. The molecule has 3 aromatic heterocycles. The summed E-state index contributed by atoms with van der Waals surface area (Å²) in [7, 11) is 1.59. The Labute approximate surface area is 172 Å². The fourth-order valence-electron chi connectivity index (χ4n) is 4.01. The summed E-state index contributed by atoms with van der Waals surface area (Å²) in [5, 5.41) is 4.31. The van der Waals surface area contributed by atoms with Crippen LogP contribution in [0.25, 0.3) is 11.1 Å². The van der Waals surface area contributed by atoms with Crippen LogP contribution in [0.4, 0.5) is 0 Å². The number of para-hydroxylation sites is 1. The molecule has 0 aliphatic carbocycles. The topological polar surface area (TPSA) is 102 Å². The second kappa shape index (κ2) is 7.01. The molecule has 5 rings (SSSR count). The normalized spacial score (nSPS) is 16.3. The zero-order valence-electron chi connectivity index (χ0n) is 17.0. The number of nitrogens with zero attached hydrogens (tertiary/aromatic N) is 5. The Morgan fingerprint density at radius 2 is 2.20 bits per heavy atom. The van der Waals surface area contributed by atoms with Crippen molar-refractivity contribution in [2.45, 2.75) is 32.4 Å². The molecule has 4 heterocycles. The SMILES string of the molecule is COc1cccc2nc([C@@H]3c4nc[nH]c4CCN3C(=O)c3ccnn3C(C)C)oc12. The molecule has 1 amide bonds. The second-order valence-corrected chi connectivity index (χ2v) is 7.53. The highest BCUT2D eigenvalue weighted by Crippen LogP contribution is 2.37. The number of rotatable bonds is 4. The van der Waals surface area contributed by atoms with Crippen LogP contribution in [0, 0.1) is 0 Å². The molecule has 30 heavy (non-hydrogen) atoms. The zero-order chi connectivity index (χ0) is 20.8. The number of carbonyl (C=O) groups excluding carboxylic acids is 1. The Balaban J connectivity index is 1.63. The van der Waals surface area contributed by atoms with Gasteiger partial charge in [0, 0.05) is 30.9 Å². The molecule has 0 fully saturated rings. The molecule has 0 bridgehead atoms. The average Bonchev–Trinajstić information content (AvgIpc) is 3.50. The maximum Gasteiger partial charge on any atom is 0.273 e. The van der Waals surface area contributed by atoms with Crippen molar-refractivity contribution in [3.05, 3.63) is 59.8 Å². The summed E-state index contributed by atoms with van der Waals surface area (Å²) in [6, 6.07) is 6.81. The van der Waals surface area contributed by atoms with Crippen LogP contribution in [0.2, 0.25) is 0 Å². The second-order valence-electron chi connectivity index (χ2n) is 7.53. The van der Waals surface area contributed by atoms with Crippen molar-refractivity contribution >= 4 is 17.0 Å². The van der Waals surface area contributed by atoms with Gasteiger partial charge in [0.25, 0.3) is 5.91 Å². The summed E-state index contributed by atoms with van der Waals surface area (Å²) in [6.07, 6.45) is 3.97. The van der Waals surface area contributed by atoms with Gasteiger partial charge in [0.15, 0.2) is 17.4 Å². The Morgan fingerprint density at radius 1 is 1.33 bits per heavy atom. The number of methoxy groups -OCH3 is 1. The van der Waals surface area contributed by atoms with E-state index < -0.39 is 6.04 Å². The Kier molecular flexibility index (Phi) is 4.30. The minimum atomic E-state index is -0.542. The van der Waals surface area contributed by atoms with Gasteiger partial charge >= 0.3 is 0 Å². The molecule has 1 aromatic carbocycles. The average molecular weight is 406 g/mol. The van der Waals surface area contributed by atoms with Crippen LogP contribution in [-0.4, -0.2) is 49.2 Å². The van der Waals surface area contributed by atoms with Crippen LogP contribution in [0.1, 0.15) is 53.7 Å². The Bertz CT molecular complexity index is 1220. The number of amides is 1. The molecular weight excluding hydrogens is 384 g/mol. The minimum Gasteiger partial charge on any atom is -0.493 e. The van der Waals surface area contributed by atoms with E-state index in [0.717, 1.165) is 11.4 Å². The summed E-state index contributed by atoms with van der Waals surface area (Å²) >= 11 is 0. The van der Waals surface area contributed by atoms with Gasteiger partial charge in [0.2, 0.25) is 5.89 Å². The lowest BCUT2D eigenvalue weighted by molar-refractivity contribution is 0.0652. The first-order chi connectivity index (χ1) is 14.6. The number of aromatic nitrogens is 5. The molecule has 1 aliphatic heterocycles. The van der Waals surface area contributed by atoms with E-state index in [9.17, 15) is 4.79 Å². The third kappa shape index (κ3) is 2.77. The van der Waals surface area contributed by atoms with E-state index >= 15 is 0 Å². The molecular formula is C21H22N6O3. The van der Waals surface area contributed by atoms with E-state index in [2.05, 4.69) is 20.1 Å². The Hall–Kier alpha value is -3.62. The minimum absolute atomic E-state index is 0.0664. The number of hydrogen-bond donors (Lipinski definition) is 1. The standard InChI is InChI=1S/C21H22N6O3/c1-12(2)27-15(7-9-24-27)21(28)26-10-8-13-17(23-11-22-13)18(26)20-25-14-5-4-6-16(29-3)19(14)30-20/h4-7,9,11-12,18H,8,10H2,1-3H3,(H,22,23)/t18-/m0/s1. The number of imidazole rings is 1. The van der Waals surface area contributed by atoms with Crippen molar-refractivity contribution in [2.75, 3.05) is 13.7 Å². The van der Waals surface area contributed by atoms with E-state index in [1.54, 1.807) is 35.3 Å². The molecule has 0 spiro atoms. The highest BCUT2D eigenvalue weighted by molar-refractivity contribution is 5.93. The van der Waals surface area contributed by atoms with Gasteiger partial charge in [-0.15, -0.1) is 0 Å². The first-order valence-electron chi connectivity index (χ1n) is 9.88. The monoisotopic (exact) mass is 406 g/mol. The molecule has 1 aliphatic rings. The fourth-order valence-corrected chi connectivity index (χ4v) is 4.01. The van der Waals surface area contributed by atoms with Crippen molar-refractivity contribution in [1.82, 2.24) is 29.6 Å². The molecule has 1 atom stereocenters. The zero-order valence-corrected chi connectivity index (χ0v) is 17.0. The van der Waals surface area contributed by atoms with Gasteiger partial charge in [-0.25, -0.2) is 9.97 Å². The summed E-state index contributed by atoms with van der Waals surface area (Å²) in [6.45, 7) is 4.50. The van der Waals surface area contributed by atoms with Crippen molar-refractivity contribution in [2.24, 2.45) is 0 Å². The third-order valence-electron chi connectivity index (χ3n) is 5.41. The third-order valence-corrected chi connectivity index (χ3v) is 5.41. The van der Waals surface area contributed by atoms with Crippen LogP contribution < -0.4 is 4.74 Å². The molecule has 9 nitrogen and oxygen atoms in total. The summed E-state index contributed by atoms with van der Waals surface area (Å²) < 4.78 is 13.3. The number of H-pyrrole nitrogens is 1. The summed E-state index contributed by atoms with van der Waals surface area (Å²) in [5.74, 6) is 0.876. The van der Waals surface area contributed by atoms with Crippen molar-refractivity contribution in [3.63, 3.8) is 0 Å². The van der Waals surface area contributed by atoms with Gasteiger partial charge in [0.05, 0.1) is 19.1 Å². The number of oxazole rings is 1. The highest BCUT2D eigenvalue weighted by atomic mass is 16.5. The molecule has 0 saturated carbocycles. The number of ether oxygens (including phenoxy) is 1. The van der Waals surface area contributed by atoms with E-state index in [1.165, 1.54) is 0 Å². The summed E-state index contributed by atoms with van der Waals surface area (Å²) in [4.78, 5) is 27.7. The van der Waals surface area contributed by atoms with E-state index in [4.69, 9.17) is 9.15 Å². The summed E-state index contributed by atoms with van der Waals surface area (Å²) in [5.41, 5.74) is 3.48. The predicted molar refractivity (Wildman–Crippen MR) is 108 cm³/mol. The molecule has 0 saturated heterocycles. The highest BCUT2D eigenvalue weighted by Gasteiger charge is 2.39. The molecule has 0 unspecified atom stereocenters. The first kappa shape index (κ1) is 18.4. The van der Waals surface area contributed by atoms with Crippen molar-refractivity contribution in [3.8, 4) is 5.75 Å². The Morgan fingerprint density at radius 3 is 3.00 bits per heavy atom. The van der Waals surface area contributed by atoms with Gasteiger partial charge < -0.3 is 19.0 Å². The predicted octanol–water partition coefficient (Wildman–Crippen LogP) is 3.12. The van der Waals surface area contributed by atoms with Gasteiger partial charge in [-0.1, -0.05) is 6.07 Å². The van der Waals surface area contributed by atoms with Crippen LogP contribution >= 0.6 is 0 Å². The van der Waals surface area contributed by atoms with Crippen LogP contribution in [-0.2, 0) is 6.42 Å². The number of hydrogen-bond acceptors (Lipinski definition) is 6.